The molecule has 0 spiro atoms. The van der Waals surface area contributed by atoms with Crippen LogP contribution in [-0.4, -0.2) is 18.1 Å². The number of aryl methyl sites for hydroxylation is 1. The number of rotatable bonds is 5. The Morgan fingerprint density at radius 2 is 1.68 bits per heavy atom. The van der Waals surface area contributed by atoms with Gasteiger partial charge in [-0.1, -0.05) is 65.9 Å². The van der Waals surface area contributed by atoms with Crippen LogP contribution in [0.2, 0.25) is 0 Å². The van der Waals surface area contributed by atoms with Gasteiger partial charge in [-0.05, 0) is 41.0 Å². The monoisotopic (exact) mass is 504 g/mol. The lowest BCUT2D eigenvalue weighted by Crippen LogP contribution is -2.30. The average molecular weight is 505 g/mol. The van der Waals surface area contributed by atoms with Crippen LogP contribution in [0.4, 0.5) is 13.2 Å². The molecule has 0 fully saturated rings. The molecule has 0 aliphatic heterocycles. The molecule has 176 valence electrons. The molecule has 34 heavy (non-hydrogen) atoms. The molecule has 1 aromatic heterocycles. The highest BCUT2D eigenvalue weighted by Gasteiger charge is 2.40. The normalized spacial score (nSPS) is 18.0. The van der Waals surface area contributed by atoms with Gasteiger partial charge in [0.2, 0.25) is 10.0 Å². The van der Waals surface area contributed by atoms with Crippen molar-refractivity contribution in [2.24, 2.45) is 0 Å². The lowest BCUT2D eigenvalue weighted by Gasteiger charge is -2.22. The van der Waals surface area contributed by atoms with Crippen molar-refractivity contribution in [3.05, 3.63) is 89.2 Å². The molecule has 1 aliphatic rings. The lowest BCUT2D eigenvalue weighted by atomic mass is 10.1. The standard InChI is InChI=1S/C23H19F3N4O2S2/c1-13-8-10-15(11-9-13)34(31,32)29-20-16-6-2-4-14-5-3-7-17(19(14)16)21(20)33-22-28-12-18(30(22)27)23(24,25)26/h2-12,20-21,29H,27H2,1H3/t20-,21+/m0/s1. The van der Waals surface area contributed by atoms with E-state index in [1.807, 2.05) is 43.3 Å². The molecule has 0 radical (unpaired) electrons. The third-order valence-electron chi connectivity index (χ3n) is 5.81. The number of nitrogen functional groups attached to an aromatic ring is 1. The largest absolute Gasteiger partial charge is 0.434 e. The Bertz CT molecular complexity index is 1490. The van der Waals surface area contributed by atoms with E-state index in [-0.39, 0.29) is 10.1 Å². The van der Waals surface area contributed by atoms with Crippen LogP contribution in [0.15, 0.2) is 76.9 Å². The number of nitrogens with two attached hydrogens (primary N) is 1. The number of hydrogen-bond acceptors (Lipinski definition) is 5. The van der Waals surface area contributed by atoms with Gasteiger partial charge in [0.05, 0.1) is 22.4 Å². The fraction of sp³-hybridized carbons (Fsp3) is 0.174. The minimum Gasteiger partial charge on any atom is -0.337 e. The van der Waals surface area contributed by atoms with E-state index in [1.54, 1.807) is 12.1 Å². The zero-order chi connectivity index (χ0) is 24.3. The number of sulfonamides is 1. The smallest absolute Gasteiger partial charge is 0.337 e. The van der Waals surface area contributed by atoms with E-state index in [1.165, 1.54) is 12.1 Å². The third-order valence-corrected chi connectivity index (χ3v) is 8.56. The first-order valence-electron chi connectivity index (χ1n) is 10.2. The Kier molecular flexibility index (Phi) is 5.38. The van der Waals surface area contributed by atoms with E-state index in [9.17, 15) is 21.6 Å². The highest BCUT2D eigenvalue weighted by atomic mass is 32.2. The maximum absolute atomic E-state index is 13.3. The molecular weight excluding hydrogens is 485 g/mol. The summed E-state index contributed by atoms with van der Waals surface area (Å²) in [6.07, 6.45) is -3.98. The highest BCUT2D eigenvalue weighted by Crippen LogP contribution is 2.53. The van der Waals surface area contributed by atoms with Crippen molar-refractivity contribution < 1.29 is 21.6 Å². The van der Waals surface area contributed by atoms with Crippen LogP contribution in [-0.2, 0) is 16.2 Å². The molecule has 3 N–H and O–H groups in total. The van der Waals surface area contributed by atoms with Crippen LogP contribution in [0.3, 0.4) is 0 Å². The van der Waals surface area contributed by atoms with Gasteiger partial charge in [0.1, 0.15) is 0 Å². The molecule has 6 nitrogen and oxygen atoms in total. The third kappa shape index (κ3) is 3.83. The predicted octanol–water partition coefficient (Wildman–Crippen LogP) is 4.94. The number of alkyl halides is 3. The van der Waals surface area contributed by atoms with Gasteiger partial charge >= 0.3 is 6.18 Å². The van der Waals surface area contributed by atoms with E-state index < -0.39 is 33.2 Å². The molecule has 5 rings (SSSR count). The minimum atomic E-state index is -4.66. The molecule has 1 aliphatic carbocycles. The van der Waals surface area contributed by atoms with E-state index in [0.717, 1.165) is 39.2 Å². The van der Waals surface area contributed by atoms with Gasteiger partial charge in [0.25, 0.3) is 0 Å². The summed E-state index contributed by atoms with van der Waals surface area (Å²) in [7, 11) is -3.93. The summed E-state index contributed by atoms with van der Waals surface area (Å²) in [5.74, 6) is 5.72. The van der Waals surface area contributed by atoms with Gasteiger partial charge in [-0.3, -0.25) is 0 Å². The van der Waals surface area contributed by atoms with Gasteiger partial charge in [-0.25, -0.2) is 22.8 Å². The Hall–Kier alpha value is -3.02. The van der Waals surface area contributed by atoms with Crippen LogP contribution in [0.1, 0.15) is 33.7 Å². The van der Waals surface area contributed by atoms with Gasteiger partial charge in [-0.15, -0.1) is 0 Å². The maximum Gasteiger partial charge on any atom is 0.434 e. The minimum absolute atomic E-state index is 0.0679. The number of benzene rings is 3. The SMILES string of the molecule is Cc1ccc(S(=O)(=O)N[C@H]2c3cccc4cccc(c34)[C@H]2Sc2ncc(C(F)(F)F)n2N)cc1. The summed E-state index contributed by atoms with van der Waals surface area (Å²) in [6, 6.07) is 16.8. The van der Waals surface area contributed by atoms with Gasteiger partial charge < -0.3 is 5.84 Å². The van der Waals surface area contributed by atoms with E-state index >= 15 is 0 Å². The summed E-state index contributed by atoms with van der Waals surface area (Å²) in [5.41, 5.74) is 1.37. The molecule has 2 atom stereocenters. The van der Waals surface area contributed by atoms with Crippen molar-refractivity contribution in [1.29, 1.82) is 0 Å². The van der Waals surface area contributed by atoms with Crippen molar-refractivity contribution >= 4 is 32.6 Å². The highest BCUT2D eigenvalue weighted by molar-refractivity contribution is 7.99. The molecule has 0 saturated carbocycles. The van der Waals surface area contributed by atoms with Crippen LogP contribution in [0.25, 0.3) is 10.8 Å². The molecular formula is C23H19F3N4O2S2. The number of nitrogens with zero attached hydrogens (tertiary/aromatic N) is 2. The van der Waals surface area contributed by atoms with Gasteiger partial charge in [0, 0.05) is 0 Å². The number of halogens is 3. The molecule has 4 aromatic rings. The molecule has 11 heteroatoms. The number of nitrogens with one attached hydrogen (secondary N) is 1. The molecule has 0 unspecified atom stereocenters. The van der Waals surface area contributed by atoms with Crippen molar-refractivity contribution in [1.82, 2.24) is 14.4 Å². The summed E-state index contributed by atoms with van der Waals surface area (Å²) in [4.78, 5) is 3.98. The molecule has 3 aromatic carbocycles. The number of imidazole rings is 1. The fourth-order valence-electron chi connectivity index (χ4n) is 4.20. The van der Waals surface area contributed by atoms with E-state index in [2.05, 4.69) is 9.71 Å². The first-order chi connectivity index (χ1) is 16.1. The van der Waals surface area contributed by atoms with Crippen molar-refractivity contribution in [3.8, 4) is 0 Å². The summed E-state index contributed by atoms with van der Waals surface area (Å²) >= 11 is 0.991. The molecule has 0 saturated heterocycles. The first kappa shape index (κ1) is 22.8. The molecule has 1 heterocycles. The summed E-state index contributed by atoms with van der Waals surface area (Å²) < 4.78 is 69.5. The summed E-state index contributed by atoms with van der Waals surface area (Å²) in [5, 5.41) is 1.11. The number of aromatic nitrogens is 2. The number of hydrogen-bond donors (Lipinski definition) is 2. The predicted molar refractivity (Wildman–Crippen MR) is 124 cm³/mol. The van der Waals surface area contributed by atoms with Crippen molar-refractivity contribution in [2.45, 2.75) is 34.4 Å². The number of thioether (sulfide) groups is 1. The van der Waals surface area contributed by atoms with E-state index in [4.69, 9.17) is 5.84 Å². The van der Waals surface area contributed by atoms with Crippen molar-refractivity contribution in [2.75, 3.05) is 5.84 Å². The molecule has 0 bridgehead atoms. The van der Waals surface area contributed by atoms with Crippen LogP contribution < -0.4 is 10.6 Å². The maximum atomic E-state index is 13.3. The molecule has 0 amide bonds. The first-order valence-corrected chi connectivity index (χ1v) is 12.6. The van der Waals surface area contributed by atoms with E-state index in [0.29, 0.717) is 10.9 Å². The van der Waals surface area contributed by atoms with Crippen LogP contribution >= 0.6 is 11.8 Å². The Morgan fingerprint density at radius 3 is 2.29 bits per heavy atom. The Labute approximate surface area is 198 Å². The second-order valence-corrected chi connectivity index (χ2v) is 10.9. The van der Waals surface area contributed by atoms with Gasteiger partial charge in [0.15, 0.2) is 10.9 Å². The van der Waals surface area contributed by atoms with Crippen molar-refractivity contribution in [3.63, 3.8) is 0 Å². The fourth-order valence-corrected chi connectivity index (χ4v) is 6.74. The quantitative estimate of drug-likeness (QED) is 0.376. The Balaban J connectivity index is 1.59. The average Bonchev–Trinajstić information content (AvgIpc) is 3.29. The van der Waals surface area contributed by atoms with Crippen LogP contribution in [0, 0.1) is 6.92 Å². The Morgan fingerprint density at radius 1 is 1.03 bits per heavy atom. The lowest BCUT2D eigenvalue weighted by molar-refractivity contribution is -0.143. The topological polar surface area (TPSA) is 90.0 Å². The zero-order valence-electron chi connectivity index (χ0n) is 17.7. The zero-order valence-corrected chi connectivity index (χ0v) is 19.4. The second kappa shape index (κ2) is 8.03. The van der Waals surface area contributed by atoms with Crippen LogP contribution in [0.5, 0.6) is 0 Å². The summed E-state index contributed by atoms with van der Waals surface area (Å²) in [6.45, 7) is 1.86. The van der Waals surface area contributed by atoms with Gasteiger partial charge in [-0.2, -0.15) is 13.2 Å². The second-order valence-electron chi connectivity index (χ2n) is 8.04.